The molecule has 1 amide bonds. The molecule has 0 aliphatic heterocycles. The van der Waals surface area contributed by atoms with Crippen LogP contribution in [0.4, 0.5) is 11.4 Å². The van der Waals surface area contributed by atoms with E-state index in [0.717, 1.165) is 5.56 Å². The highest BCUT2D eigenvalue weighted by atomic mass is 35.5. The van der Waals surface area contributed by atoms with Crippen molar-refractivity contribution in [2.45, 2.75) is 40.2 Å². The Morgan fingerprint density at radius 2 is 1.97 bits per heavy atom. The van der Waals surface area contributed by atoms with Crippen molar-refractivity contribution in [3.63, 3.8) is 0 Å². The van der Waals surface area contributed by atoms with E-state index in [1.807, 2.05) is 32.0 Å². The van der Waals surface area contributed by atoms with Crippen molar-refractivity contribution in [2.24, 2.45) is 0 Å². The molecule has 2 aromatic carbocycles. The Hall–Kier alpha value is -3.39. The zero-order valence-corrected chi connectivity index (χ0v) is 18.4. The van der Waals surface area contributed by atoms with Crippen LogP contribution < -0.4 is 10.1 Å². The third-order valence-electron chi connectivity index (χ3n) is 4.91. The molecular formula is C22H23ClN4O4. The second-order valence-corrected chi connectivity index (χ2v) is 7.56. The van der Waals surface area contributed by atoms with E-state index >= 15 is 0 Å². The lowest BCUT2D eigenvalue weighted by molar-refractivity contribution is -0.384. The Labute approximate surface area is 184 Å². The molecule has 0 saturated heterocycles. The number of amides is 1. The van der Waals surface area contributed by atoms with E-state index in [4.69, 9.17) is 16.3 Å². The maximum Gasteiger partial charge on any atom is 0.275 e. The van der Waals surface area contributed by atoms with Gasteiger partial charge in [-0.2, -0.15) is 5.10 Å². The average Bonchev–Trinajstić information content (AvgIpc) is 2.97. The fraction of sp³-hybridized carbons (Fsp3) is 0.273. The highest BCUT2D eigenvalue weighted by Gasteiger charge is 2.24. The first-order valence-corrected chi connectivity index (χ1v) is 10.1. The van der Waals surface area contributed by atoms with Crippen LogP contribution in [-0.4, -0.2) is 20.6 Å². The van der Waals surface area contributed by atoms with Gasteiger partial charge in [-0.05, 0) is 38.8 Å². The van der Waals surface area contributed by atoms with Crippen LogP contribution in [0.25, 0.3) is 0 Å². The number of aryl methyl sites for hydroxylation is 2. The van der Waals surface area contributed by atoms with Gasteiger partial charge in [0.05, 0.1) is 33.1 Å². The van der Waals surface area contributed by atoms with E-state index in [1.165, 1.54) is 12.1 Å². The van der Waals surface area contributed by atoms with Gasteiger partial charge in [0.2, 0.25) is 5.91 Å². The van der Waals surface area contributed by atoms with Gasteiger partial charge in [-0.15, -0.1) is 0 Å². The minimum absolute atomic E-state index is 0.191. The minimum atomic E-state index is -0.619. The van der Waals surface area contributed by atoms with Gasteiger partial charge in [0, 0.05) is 12.1 Å². The van der Waals surface area contributed by atoms with Crippen molar-refractivity contribution < 1.29 is 14.5 Å². The number of carbonyl (C=O) groups is 1. The third kappa shape index (κ3) is 4.86. The number of rotatable bonds is 7. The summed E-state index contributed by atoms with van der Waals surface area (Å²) in [6.07, 6.45) is 0.464. The largest absolute Gasteiger partial charge is 0.457 e. The third-order valence-corrected chi connectivity index (χ3v) is 5.46. The molecule has 9 heteroatoms. The summed E-state index contributed by atoms with van der Waals surface area (Å²) >= 11 is 6.22. The normalized spacial score (nSPS) is 11.8. The molecule has 1 atom stereocenters. The van der Waals surface area contributed by atoms with Crippen LogP contribution in [0, 0.1) is 30.9 Å². The summed E-state index contributed by atoms with van der Waals surface area (Å²) in [5.41, 5.74) is 2.27. The quantitative estimate of drug-likeness (QED) is 0.371. The number of halogens is 1. The Morgan fingerprint density at radius 1 is 1.26 bits per heavy atom. The maximum atomic E-state index is 13.0. The topological polar surface area (TPSA) is 99.3 Å². The Balaban J connectivity index is 1.91. The summed E-state index contributed by atoms with van der Waals surface area (Å²) in [5.74, 6) is 0.470. The molecule has 162 valence electrons. The molecule has 3 aromatic rings. The molecule has 1 aromatic heterocycles. The number of nitrogens with zero attached hydrogens (tertiary/aromatic N) is 3. The van der Waals surface area contributed by atoms with Gasteiger partial charge >= 0.3 is 0 Å². The first-order chi connectivity index (χ1) is 14.7. The molecule has 0 saturated carbocycles. The standard InChI is InChI=1S/C22H23ClN4O4/c1-5-19(26-15(4)21(23)14(3)25-26)22(28)24-16-10-17(27(29)30)12-18(11-16)31-20-9-7-6-8-13(20)2/h6-12,19H,5H2,1-4H3,(H,24,28)/t19-/m0/s1. The Bertz CT molecular complexity index is 1140. The van der Waals surface area contributed by atoms with Gasteiger partial charge in [0.1, 0.15) is 17.5 Å². The monoisotopic (exact) mass is 442 g/mol. The lowest BCUT2D eigenvalue weighted by atomic mass is 10.2. The van der Waals surface area contributed by atoms with Gasteiger partial charge in [0.15, 0.2) is 0 Å². The minimum Gasteiger partial charge on any atom is -0.457 e. The van der Waals surface area contributed by atoms with Crippen LogP contribution in [0.1, 0.15) is 36.3 Å². The Kier molecular flexibility index (Phi) is 6.60. The molecule has 1 heterocycles. The Morgan fingerprint density at radius 3 is 2.55 bits per heavy atom. The fourth-order valence-electron chi connectivity index (χ4n) is 3.26. The van der Waals surface area contributed by atoms with Crippen LogP contribution in [0.3, 0.4) is 0 Å². The summed E-state index contributed by atoms with van der Waals surface area (Å²) in [6, 6.07) is 10.9. The number of anilines is 1. The summed E-state index contributed by atoms with van der Waals surface area (Å²) in [6.45, 7) is 7.29. The molecule has 0 fully saturated rings. The first kappa shape index (κ1) is 22.3. The van der Waals surface area contributed by atoms with Gasteiger partial charge < -0.3 is 10.1 Å². The highest BCUT2D eigenvalue weighted by Crippen LogP contribution is 2.32. The van der Waals surface area contributed by atoms with Gasteiger partial charge in [0.25, 0.3) is 5.69 Å². The molecule has 0 unspecified atom stereocenters. The second kappa shape index (κ2) is 9.18. The molecule has 1 N–H and O–H groups in total. The average molecular weight is 443 g/mol. The van der Waals surface area contributed by atoms with Crippen molar-refractivity contribution in [3.05, 3.63) is 74.6 Å². The molecule has 0 bridgehead atoms. The van der Waals surface area contributed by atoms with Crippen molar-refractivity contribution in [2.75, 3.05) is 5.32 Å². The predicted octanol–water partition coefficient (Wildman–Crippen LogP) is 5.75. The van der Waals surface area contributed by atoms with Gasteiger partial charge in [-0.25, -0.2) is 0 Å². The number of non-ortho nitro benzene ring substituents is 1. The second-order valence-electron chi connectivity index (χ2n) is 7.18. The number of nitro groups is 1. The predicted molar refractivity (Wildman–Crippen MR) is 119 cm³/mol. The lowest BCUT2D eigenvalue weighted by Gasteiger charge is -2.18. The maximum absolute atomic E-state index is 13.0. The number of para-hydroxylation sites is 1. The summed E-state index contributed by atoms with van der Waals surface area (Å²) < 4.78 is 7.42. The molecule has 0 aliphatic carbocycles. The number of benzene rings is 2. The number of hydrogen-bond acceptors (Lipinski definition) is 5. The van der Waals surface area contributed by atoms with E-state index in [-0.39, 0.29) is 23.0 Å². The van der Waals surface area contributed by atoms with Crippen LogP contribution in [0.5, 0.6) is 11.5 Å². The van der Waals surface area contributed by atoms with E-state index in [2.05, 4.69) is 10.4 Å². The zero-order valence-electron chi connectivity index (χ0n) is 17.7. The van der Waals surface area contributed by atoms with E-state index in [1.54, 1.807) is 30.7 Å². The van der Waals surface area contributed by atoms with Crippen molar-refractivity contribution in [1.29, 1.82) is 0 Å². The van der Waals surface area contributed by atoms with E-state index in [0.29, 0.717) is 28.6 Å². The number of ether oxygens (including phenoxy) is 1. The zero-order chi connectivity index (χ0) is 22.7. The number of nitro benzene ring substituents is 1. The molecular weight excluding hydrogens is 420 g/mol. The molecule has 0 aliphatic rings. The number of aromatic nitrogens is 2. The number of nitrogens with one attached hydrogen (secondary N) is 1. The number of hydrogen-bond donors (Lipinski definition) is 1. The summed E-state index contributed by atoms with van der Waals surface area (Å²) in [4.78, 5) is 23.9. The van der Waals surface area contributed by atoms with E-state index < -0.39 is 11.0 Å². The SMILES string of the molecule is CC[C@@H](C(=O)Nc1cc(Oc2ccccc2C)cc([N+](=O)[O-])c1)n1nc(C)c(Cl)c1C. The van der Waals surface area contributed by atoms with E-state index in [9.17, 15) is 14.9 Å². The molecule has 31 heavy (non-hydrogen) atoms. The first-order valence-electron chi connectivity index (χ1n) is 9.76. The lowest BCUT2D eigenvalue weighted by Crippen LogP contribution is -2.27. The van der Waals surface area contributed by atoms with Gasteiger partial charge in [-0.3, -0.25) is 19.6 Å². The molecule has 8 nitrogen and oxygen atoms in total. The van der Waals surface area contributed by atoms with Crippen LogP contribution in [0.15, 0.2) is 42.5 Å². The summed E-state index contributed by atoms with van der Waals surface area (Å²) in [7, 11) is 0. The molecule has 0 radical (unpaired) electrons. The smallest absolute Gasteiger partial charge is 0.275 e. The summed E-state index contributed by atoms with van der Waals surface area (Å²) in [5, 5.41) is 19.0. The molecule has 3 rings (SSSR count). The highest BCUT2D eigenvalue weighted by molar-refractivity contribution is 6.31. The molecule has 0 spiro atoms. The van der Waals surface area contributed by atoms with Gasteiger partial charge in [-0.1, -0.05) is 36.7 Å². The van der Waals surface area contributed by atoms with Crippen molar-refractivity contribution in [3.8, 4) is 11.5 Å². The van der Waals surface area contributed by atoms with Crippen LogP contribution in [-0.2, 0) is 4.79 Å². The number of carbonyl (C=O) groups excluding carboxylic acids is 1. The van der Waals surface area contributed by atoms with Crippen LogP contribution >= 0.6 is 11.6 Å². The fourth-order valence-corrected chi connectivity index (χ4v) is 3.38. The van der Waals surface area contributed by atoms with Crippen molar-refractivity contribution in [1.82, 2.24) is 9.78 Å². The van der Waals surface area contributed by atoms with Crippen molar-refractivity contribution >= 4 is 28.9 Å². The van der Waals surface area contributed by atoms with Crippen LogP contribution in [0.2, 0.25) is 5.02 Å².